The molecular formula is C18H24N2. The van der Waals surface area contributed by atoms with Crippen LogP contribution in [-0.2, 0) is 6.54 Å². The van der Waals surface area contributed by atoms with Crippen molar-refractivity contribution in [2.75, 3.05) is 0 Å². The third-order valence-electron chi connectivity index (χ3n) is 4.71. The van der Waals surface area contributed by atoms with Crippen molar-refractivity contribution in [1.82, 2.24) is 10.3 Å². The molecule has 0 saturated heterocycles. The van der Waals surface area contributed by atoms with Crippen LogP contribution in [0.2, 0.25) is 0 Å². The second-order valence-electron chi connectivity index (χ2n) is 6.03. The first-order chi connectivity index (χ1) is 9.86. The van der Waals surface area contributed by atoms with E-state index in [9.17, 15) is 0 Å². The first-order valence-electron chi connectivity index (χ1n) is 7.92. The number of nitrogens with one attached hydrogen (secondary N) is 1. The third kappa shape index (κ3) is 3.01. The number of nitrogens with zero attached hydrogens (tertiary/aromatic N) is 1. The molecule has 1 aliphatic rings. The summed E-state index contributed by atoms with van der Waals surface area (Å²) < 4.78 is 0. The zero-order valence-electron chi connectivity index (χ0n) is 12.3. The Morgan fingerprint density at radius 1 is 1.25 bits per heavy atom. The van der Waals surface area contributed by atoms with E-state index in [1.807, 2.05) is 12.4 Å². The molecule has 0 aliphatic heterocycles. The number of fused-ring (bicyclic) bond motifs is 1. The lowest BCUT2D eigenvalue weighted by molar-refractivity contribution is 0.278. The molecule has 2 nitrogen and oxygen atoms in total. The fourth-order valence-electron chi connectivity index (χ4n) is 3.45. The number of hydrogen-bond donors (Lipinski definition) is 1. The van der Waals surface area contributed by atoms with E-state index in [0.29, 0.717) is 6.04 Å². The first-order valence-corrected chi connectivity index (χ1v) is 7.92. The smallest absolute Gasteiger partial charge is 0.0346 e. The van der Waals surface area contributed by atoms with Gasteiger partial charge in [-0.15, -0.1) is 0 Å². The van der Waals surface area contributed by atoms with Gasteiger partial charge in [-0.25, -0.2) is 0 Å². The van der Waals surface area contributed by atoms with Gasteiger partial charge in [-0.1, -0.05) is 44.4 Å². The van der Waals surface area contributed by atoms with Crippen molar-refractivity contribution in [3.63, 3.8) is 0 Å². The molecular weight excluding hydrogens is 244 g/mol. The Labute approximate surface area is 121 Å². The van der Waals surface area contributed by atoms with Crippen LogP contribution in [0.25, 0.3) is 10.8 Å². The van der Waals surface area contributed by atoms with Crippen LogP contribution in [0.3, 0.4) is 0 Å². The number of pyridine rings is 1. The van der Waals surface area contributed by atoms with Crippen LogP contribution in [0, 0.1) is 5.92 Å². The Balaban J connectivity index is 1.68. The van der Waals surface area contributed by atoms with Crippen molar-refractivity contribution in [3.8, 4) is 0 Å². The average Bonchev–Trinajstić information content (AvgIpc) is 2.53. The Morgan fingerprint density at radius 2 is 2.20 bits per heavy atom. The van der Waals surface area contributed by atoms with Gasteiger partial charge in [0.15, 0.2) is 0 Å². The van der Waals surface area contributed by atoms with Crippen molar-refractivity contribution in [3.05, 3.63) is 42.2 Å². The molecule has 1 N–H and O–H groups in total. The fourth-order valence-corrected chi connectivity index (χ4v) is 3.45. The standard InChI is InChI=1S/C18H24N2/c1-2-14-5-3-8-17(11-14)20-13-16-7-4-6-15-12-19-10-9-18(15)16/h4,6-7,9-10,12,14,17,20H,2-3,5,8,11,13H2,1H3. The zero-order chi connectivity index (χ0) is 13.8. The highest BCUT2D eigenvalue weighted by Crippen LogP contribution is 2.27. The summed E-state index contributed by atoms with van der Waals surface area (Å²) in [4.78, 5) is 4.20. The SMILES string of the molecule is CCC1CCCC(NCc2cccc3cnccc23)C1. The first kappa shape index (κ1) is 13.6. The Hall–Kier alpha value is -1.41. The second kappa shape index (κ2) is 6.36. The van der Waals surface area contributed by atoms with Crippen LogP contribution in [0.15, 0.2) is 36.7 Å². The van der Waals surface area contributed by atoms with Crippen molar-refractivity contribution in [2.45, 2.75) is 51.6 Å². The summed E-state index contributed by atoms with van der Waals surface area (Å²) in [6, 6.07) is 9.33. The molecule has 1 aliphatic carbocycles. The van der Waals surface area contributed by atoms with E-state index in [2.05, 4.69) is 41.5 Å². The van der Waals surface area contributed by atoms with E-state index < -0.39 is 0 Å². The van der Waals surface area contributed by atoms with Gasteiger partial charge in [-0.2, -0.15) is 0 Å². The van der Waals surface area contributed by atoms with Crippen molar-refractivity contribution < 1.29 is 0 Å². The highest BCUT2D eigenvalue weighted by atomic mass is 14.9. The molecule has 2 atom stereocenters. The fraction of sp³-hybridized carbons (Fsp3) is 0.500. The van der Waals surface area contributed by atoms with Crippen LogP contribution in [0.1, 0.15) is 44.6 Å². The van der Waals surface area contributed by atoms with Gasteiger partial charge in [0.1, 0.15) is 0 Å². The number of rotatable bonds is 4. The highest BCUT2D eigenvalue weighted by Gasteiger charge is 2.20. The van der Waals surface area contributed by atoms with E-state index in [1.165, 1.54) is 48.4 Å². The van der Waals surface area contributed by atoms with Gasteiger partial charge >= 0.3 is 0 Å². The number of hydrogen-bond acceptors (Lipinski definition) is 2. The summed E-state index contributed by atoms with van der Waals surface area (Å²) in [5.74, 6) is 0.929. The van der Waals surface area contributed by atoms with Gasteiger partial charge in [-0.3, -0.25) is 4.98 Å². The molecule has 106 valence electrons. The maximum absolute atomic E-state index is 4.20. The molecule has 1 heterocycles. The molecule has 2 heteroatoms. The Morgan fingerprint density at radius 3 is 3.10 bits per heavy atom. The summed E-state index contributed by atoms with van der Waals surface area (Å²) in [7, 11) is 0. The molecule has 0 amide bonds. The molecule has 3 rings (SSSR count). The lowest BCUT2D eigenvalue weighted by Crippen LogP contribution is -2.33. The molecule has 0 bridgehead atoms. The van der Waals surface area contributed by atoms with Crippen molar-refractivity contribution in [1.29, 1.82) is 0 Å². The molecule has 1 aromatic carbocycles. The minimum Gasteiger partial charge on any atom is -0.310 e. The average molecular weight is 268 g/mol. The Bertz CT molecular complexity index is 559. The molecule has 1 saturated carbocycles. The highest BCUT2D eigenvalue weighted by molar-refractivity contribution is 5.84. The van der Waals surface area contributed by atoms with Crippen LogP contribution in [0.4, 0.5) is 0 Å². The van der Waals surface area contributed by atoms with Crippen LogP contribution >= 0.6 is 0 Å². The molecule has 0 radical (unpaired) electrons. The minimum absolute atomic E-state index is 0.700. The largest absolute Gasteiger partial charge is 0.310 e. The van der Waals surface area contributed by atoms with E-state index in [0.717, 1.165) is 12.5 Å². The van der Waals surface area contributed by atoms with Crippen molar-refractivity contribution in [2.24, 2.45) is 5.92 Å². The van der Waals surface area contributed by atoms with E-state index in [4.69, 9.17) is 0 Å². The second-order valence-corrected chi connectivity index (χ2v) is 6.03. The van der Waals surface area contributed by atoms with Crippen molar-refractivity contribution >= 4 is 10.8 Å². The topological polar surface area (TPSA) is 24.9 Å². The van der Waals surface area contributed by atoms with Gasteiger partial charge in [0, 0.05) is 30.4 Å². The molecule has 20 heavy (non-hydrogen) atoms. The third-order valence-corrected chi connectivity index (χ3v) is 4.71. The summed E-state index contributed by atoms with van der Waals surface area (Å²) in [5.41, 5.74) is 1.39. The summed E-state index contributed by atoms with van der Waals surface area (Å²) in [6.45, 7) is 3.30. The summed E-state index contributed by atoms with van der Waals surface area (Å²) >= 11 is 0. The van der Waals surface area contributed by atoms with Gasteiger partial charge in [0.2, 0.25) is 0 Å². The lowest BCUT2D eigenvalue weighted by atomic mass is 9.84. The monoisotopic (exact) mass is 268 g/mol. The van der Waals surface area contributed by atoms with E-state index >= 15 is 0 Å². The quantitative estimate of drug-likeness (QED) is 0.894. The van der Waals surface area contributed by atoms with E-state index in [1.54, 1.807) is 0 Å². The van der Waals surface area contributed by atoms with Crippen LogP contribution in [-0.4, -0.2) is 11.0 Å². The number of benzene rings is 1. The van der Waals surface area contributed by atoms with Gasteiger partial charge in [0.25, 0.3) is 0 Å². The summed E-state index contributed by atoms with van der Waals surface area (Å²) in [5, 5.41) is 6.34. The van der Waals surface area contributed by atoms with Crippen LogP contribution < -0.4 is 5.32 Å². The molecule has 2 aromatic rings. The molecule has 2 unspecified atom stereocenters. The maximum atomic E-state index is 4.20. The maximum Gasteiger partial charge on any atom is 0.0346 e. The predicted octanol–water partition coefficient (Wildman–Crippen LogP) is 4.29. The zero-order valence-corrected chi connectivity index (χ0v) is 12.3. The van der Waals surface area contributed by atoms with Gasteiger partial charge in [0.05, 0.1) is 0 Å². The number of aromatic nitrogens is 1. The lowest BCUT2D eigenvalue weighted by Gasteiger charge is -2.29. The van der Waals surface area contributed by atoms with Gasteiger partial charge in [-0.05, 0) is 35.8 Å². The minimum atomic E-state index is 0.700. The predicted molar refractivity (Wildman–Crippen MR) is 84.6 cm³/mol. The Kier molecular flexibility index (Phi) is 4.31. The molecule has 1 fully saturated rings. The summed E-state index contributed by atoms with van der Waals surface area (Å²) in [6.07, 6.45) is 10.7. The molecule has 0 spiro atoms. The normalized spacial score (nSPS) is 23.1. The van der Waals surface area contributed by atoms with Gasteiger partial charge < -0.3 is 5.32 Å². The van der Waals surface area contributed by atoms with E-state index in [-0.39, 0.29) is 0 Å². The molecule has 1 aromatic heterocycles. The van der Waals surface area contributed by atoms with Crippen LogP contribution in [0.5, 0.6) is 0 Å².